The average molecular weight is 207 g/mol. The predicted molar refractivity (Wildman–Crippen MR) is 50.4 cm³/mol. The molecular weight excluding hydrogens is 190 g/mol. The summed E-state index contributed by atoms with van der Waals surface area (Å²) in [7, 11) is -1.73. The molecule has 0 aliphatic rings. The fourth-order valence-electron chi connectivity index (χ4n) is 0.553. The third-order valence-corrected chi connectivity index (χ3v) is 2.72. The molecule has 0 heterocycles. The van der Waals surface area contributed by atoms with E-state index in [0.29, 0.717) is 19.8 Å². The van der Waals surface area contributed by atoms with Crippen LogP contribution in [0.5, 0.6) is 0 Å². The van der Waals surface area contributed by atoms with Crippen molar-refractivity contribution >= 4 is 15.6 Å². The van der Waals surface area contributed by atoms with E-state index in [4.69, 9.17) is 23.5 Å². The van der Waals surface area contributed by atoms with Crippen LogP contribution in [0.4, 0.5) is 0 Å². The van der Waals surface area contributed by atoms with Crippen molar-refractivity contribution in [1.82, 2.24) is 0 Å². The number of nitrogens with one attached hydrogen (secondary N) is 1. The molecule has 13 heavy (non-hydrogen) atoms. The summed E-state index contributed by atoms with van der Waals surface area (Å²) in [5.41, 5.74) is 0. The summed E-state index contributed by atoms with van der Waals surface area (Å²) in [6, 6.07) is 0. The number of hydrogen-bond donors (Lipinski definition) is 1. The van der Waals surface area contributed by atoms with Gasteiger partial charge in [-0.15, -0.1) is 0 Å². The molecular formula is C7H17NO4Si. The Kier molecular flexibility index (Phi) is 16.2. The van der Waals surface area contributed by atoms with Crippen molar-refractivity contribution in [3.05, 3.63) is 0 Å². The van der Waals surface area contributed by atoms with Crippen molar-refractivity contribution in [1.29, 1.82) is 5.41 Å². The molecule has 0 saturated carbocycles. The van der Waals surface area contributed by atoms with Crippen molar-refractivity contribution in [2.75, 3.05) is 19.8 Å². The van der Waals surface area contributed by atoms with Crippen LogP contribution in [0.3, 0.4) is 0 Å². The lowest BCUT2D eigenvalue weighted by Gasteiger charge is -2.12. The van der Waals surface area contributed by atoms with Gasteiger partial charge in [-0.25, -0.2) is 10.2 Å². The molecule has 0 aromatic heterocycles. The fourth-order valence-corrected chi connectivity index (χ4v) is 1.66. The molecule has 0 radical (unpaired) electrons. The molecule has 0 amide bonds. The summed E-state index contributed by atoms with van der Waals surface area (Å²) in [5.74, 6) is 0. The van der Waals surface area contributed by atoms with E-state index in [1.807, 2.05) is 20.8 Å². The number of hydrogen-bond acceptors (Lipinski definition) is 5. The number of isocyanates is 1. The molecule has 0 aliphatic heterocycles. The second-order valence-corrected chi connectivity index (χ2v) is 3.33. The van der Waals surface area contributed by atoms with E-state index in [1.165, 1.54) is 0 Å². The molecule has 1 N–H and O–H groups in total. The molecule has 0 atom stereocenters. The number of rotatable bonds is 6. The highest BCUT2D eigenvalue weighted by atomic mass is 28.3. The summed E-state index contributed by atoms with van der Waals surface area (Å²) in [6.07, 6.45) is 0.750. The van der Waals surface area contributed by atoms with Crippen LogP contribution in [0.15, 0.2) is 0 Å². The molecule has 0 spiro atoms. The largest absolute Gasteiger partial charge is 0.484 e. The Morgan fingerprint density at radius 3 is 1.46 bits per heavy atom. The van der Waals surface area contributed by atoms with Gasteiger partial charge in [0, 0.05) is 19.8 Å². The second-order valence-electron chi connectivity index (χ2n) is 1.76. The minimum absolute atomic E-state index is 0.677. The van der Waals surface area contributed by atoms with Crippen LogP contribution in [0, 0.1) is 5.41 Å². The van der Waals surface area contributed by atoms with Crippen LogP contribution >= 0.6 is 0 Å². The van der Waals surface area contributed by atoms with Crippen molar-refractivity contribution < 1.29 is 18.1 Å². The van der Waals surface area contributed by atoms with Gasteiger partial charge >= 0.3 is 9.53 Å². The van der Waals surface area contributed by atoms with Gasteiger partial charge in [-0.05, 0) is 20.8 Å². The first-order chi connectivity index (χ1) is 6.26. The predicted octanol–water partition coefficient (Wildman–Crippen LogP) is 0.714. The highest BCUT2D eigenvalue weighted by molar-refractivity contribution is 6.36. The topological polar surface area (TPSA) is 68.6 Å². The minimum Gasteiger partial charge on any atom is -0.376 e. The zero-order chi connectivity index (χ0) is 10.5. The smallest absolute Gasteiger partial charge is 0.376 e. The van der Waals surface area contributed by atoms with Gasteiger partial charge in [0.25, 0.3) is 0 Å². The first-order valence-corrected chi connectivity index (χ1v) is 5.56. The molecule has 0 unspecified atom stereocenters. The van der Waals surface area contributed by atoms with Gasteiger partial charge < -0.3 is 13.3 Å². The van der Waals surface area contributed by atoms with Crippen molar-refractivity contribution in [3.63, 3.8) is 0 Å². The SMILES string of the molecule is CCO[SiH](OCC)OCC.N=C=O. The van der Waals surface area contributed by atoms with E-state index in [1.54, 1.807) is 0 Å². The third kappa shape index (κ3) is 14.3. The molecule has 0 saturated heterocycles. The van der Waals surface area contributed by atoms with Gasteiger partial charge in [0.1, 0.15) is 0 Å². The van der Waals surface area contributed by atoms with E-state index >= 15 is 0 Å². The highest BCUT2D eigenvalue weighted by Crippen LogP contribution is 1.90. The maximum absolute atomic E-state index is 8.35. The zero-order valence-electron chi connectivity index (χ0n) is 8.33. The molecule has 0 rings (SSSR count). The van der Waals surface area contributed by atoms with Crippen LogP contribution < -0.4 is 0 Å². The summed E-state index contributed by atoms with van der Waals surface area (Å²) in [6.45, 7) is 7.86. The summed E-state index contributed by atoms with van der Waals surface area (Å²) >= 11 is 0. The molecule has 5 nitrogen and oxygen atoms in total. The molecule has 0 aliphatic carbocycles. The van der Waals surface area contributed by atoms with Gasteiger partial charge in [0.2, 0.25) is 6.08 Å². The highest BCUT2D eigenvalue weighted by Gasteiger charge is 2.11. The van der Waals surface area contributed by atoms with Crippen molar-refractivity contribution in [2.24, 2.45) is 0 Å². The van der Waals surface area contributed by atoms with Crippen molar-refractivity contribution in [3.8, 4) is 0 Å². The van der Waals surface area contributed by atoms with Gasteiger partial charge in [-0.3, -0.25) is 0 Å². The van der Waals surface area contributed by atoms with Crippen LogP contribution in [0.25, 0.3) is 0 Å². The second kappa shape index (κ2) is 14.0. The molecule has 0 bridgehead atoms. The molecule has 0 fully saturated rings. The monoisotopic (exact) mass is 207 g/mol. The fraction of sp³-hybridized carbons (Fsp3) is 0.857. The lowest BCUT2D eigenvalue weighted by Crippen LogP contribution is -2.27. The van der Waals surface area contributed by atoms with Gasteiger partial charge in [0.05, 0.1) is 0 Å². The van der Waals surface area contributed by atoms with Crippen LogP contribution in [0.1, 0.15) is 20.8 Å². The maximum atomic E-state index is 8.35. The molecule has 6 heteroatoms. The standard InChI is InChI=1S/C6H16O3Si.CHNO/c1-4-7-10(8-5-2)9-6-3;2-1-3/h10H,4-6H2,1-3H3;2H. The third-order valence-electron chi connectivity index (χ3n) is 0.908. The van der Waals surface area contributed by atoms with E-state index in [9.17, 15) is 0 Å². The van der Waals surface area contributed by atoms with Crippen LogP contribution in [-0.4, -0.2) is 35.4 Å². The van der Waals surface area contributed by atoms with Crippen molar-refractivity contribution in [2.45, 2.75) is 20.8 Å². The van der Waals surface area contributed by atoms with Crippen LogP contribution in [0.2, 0.25) is 0 Å². The zero-order valence-corrected chi connectivity index (χ0v) is 9.49. The number of carbonyl (C=O) groups excluding carboxylic acids is 1. The summed E-state index contributed by atoms with van der Waals surface area (Å²) < 4.78 is 15.7. The molecule has 0 aromatic carbocycles. The van der Waals surface area contributed by atoms with E-state index in [2.05, 4.69) is 0 Å². The quantitative estimate of drug-likeness (QED) is 0.396. The molecule has 0 aromatic rings. The summed E-state index contributed by atoms with van der Waals surface area (Å²) in [4.78, 5) is 8.35. The Bertz CT molecular complexity index is 113. The Morgan fingerprint density at radius 2 is 1.31 bits per heavy atom. The lowest BCUT2D eigenvalue weighted by atomic mass is 10.9. The average Bonchev–Trinajstić information content (AvgIpc) is 2.07. The van der Waals surface area contributed by atoms with Gasteiger partial charge in [0.15, 0.2) is 0 Å². The van der Waals surface area contributed by atoms with E-state index in [-0.39, 0.29) is 0 Å². The Balaban J connectivity index is 0. The van der Waals surface area contributed by atoms with Crippen LogP contribution in [-0.2, 0) is 18.1 Å². The minimum atomic E-state index is -1.73. The normalized spacial score (nSPS) is 8.92. The summed E-state index contributed by atoms with van der Waals surface area (Å²) in [5, 5.41) is 5.40. The molecule has 78 valence electrons. The Labute approximate surface area is 80.5 Å². The lowest BCUT2D eigenvalue weighted by molar-refractivity contribution is 0.107. The Hall–Kier alpha value is -0.523. The first kappa shape index (κ1) is 15.0. The Morgan fingerprint density at radius 1 is 1.08 bits per heavy atom. The maximum Gasteiger partial charge on any atom is 0.484 e. The van der Waals surface area contributed by atoms with E-state index < -0.39 is 9.53 Å². The van der Waals surface area contributed by atoms with Gasteiger partial charge in [-0.1, -0.05) is 0 Å². The van der Waals surface area contributed by atoms with E-state index in [0.717, 1.165) is 6.08 Å². The van der Waals surface area contributed by atoms with Gasteiger partial charge in [-0.2, -0.15) is 0 Å². The first-order valence-electron chi connectivity index (χ1n) is 4.15.